The highest BCUT2D eigenvalue weighted by molar-refractivity contribution is 5.35. The van der Waals surface area contributed by atoms with Crippen LogP contribution in [0.5, 0.6) is 11.5 Å². The van der Waals surface area contributed by atoms with Crippen LogP contribution in [0.1, 0.15) is 71.1 Å². The van der Waals surface area contributed by atoms with Crippen molar-refractivity contribution in [2.45, 2.75) is 83.3 Å². The van der Waals surface area contributed by atoms with Crippen LogP contribution in [0.3, 0.4) is 0 Å². The number of hydrogen-bond donors (Lipinski definition) is 0. The summed E-state index contributed by atoms with van der Waals surface area (Å²) in [6.45, 7) is 2.17. The zero-order valence-electron chi connectivity index (χ0n) is 19.5. The summed E-state index contributed by atoms with van der Waals surface area (Å²) in [7, 11) is 0. The van der Waals surface area contributed by atoms with Crippen molar-refractivity contribution in [1.82, 2.24) is 0 Å². The largest absolute Gasteiger partial charge is 0.432 e. The Bertz CT molecular complexity index is 845. The Balaban J connectivity index is 1.58. The van der Waals surface area contributed by atoms with Gasteiger partial charge in [-0.05, 0) is 56.3 Å². The lowest BCUT2D eigenvalue weighted by Crippen LogP contribution is -2.38. The van der Waals surface area contributed by atoms with Crippen molar-refractivity contribution in [3.05, 3.63) is 35.9 Å². The van der Waals surface area contributed by atoms with Crippen LogP contribution in [0.4, 0.5) is 35.1 Å². The average molecular weight is 514 g/mol. The summed E-state index contributed by atoms with van der Waals surface area (Å²) in [5, 5.41) is 0. The summed E-state index contributed by atoms with van der Waals surface area (Å²) >= 11 is 0. The third-order valence-electron chi connectivity index (χ3n) is 7.24. The summed E-state index contributed by atoms with van der Waals surface area (Å²) in [6.07, 6.45) is -3.56. The molecule has 0 unspecified atom stereocenters. The van der Waals surface area contributed by atoms with Gasteiger partial charge in [0.2, 0.25) is 0 Å². The first-order chi connectivity index (χ1) is 16.4. The molecule has 0 N–H and O–H groups in total. The molecule has 198 valence electrons. The summed E-state index contributed by atoms with van der Waals surface area (Å²) in [4.78, 5) is 0. The molecule has 0 spiro atoms. The fraction of sp³-hybridized carbons (Fsp3) is 0.680. The lowest BCUT2D eigenvalue weighted by Gasteiger charge is -2.39. The first-order valence-electron chi connectivity index (χ1n) is 12.1. The van der Waals surface area contributed by atoms with E-state index >= 15 is 0 Å². The third-order valence-corrected chi connectivity index (χ3v) is 7.24. The number of halogens is 8. The Morgan fingerprint density at radius 3 is 1.86 bits per heavy atom. The van der Waals surface area contributed by atoms with E-state index in [9.17, 15) is 35.1 Å². The van der Waals surface area contributed by atoms with Crippen molar-refractivity contribution in [3.63, 3.8) is 0 Å². The van der Waals surface area contributed by atoms with Gasteiger partial charge in [0.1, 0.15) is 5.75 Å². The predicted octanol–water partition coefficient (Wildman–Crippen LogP) is 9.10. The van der Waals surface area contributed by atoms with Crippen LogP contribution >= 0.6 is 0 Å². The van der Waals surface area contributed by atoms with Crippen molar-refractivity contribution in [2.24, 2.45) is 23.7 Å². The van der Waals surface area contributed by atoms with E-state index in [1.54, 1.807) is 0 Å². The van der Waals surface area contributed by atoms with Gasteiger partial charge in [-0.1, -0.05) is 32.6 Å². The summed E-state index contributed by atoms with van der Waals surface area (Å²) in [5.41, 5.74) is 0. The Morgan fingerprint density at radius 2 is 1.37 bits per heavy atom. The van der Waals surface area contributed by atoms with Gasteiger partial charge in [-0.3, -0.25) is 0 Å². The normalized spacial score (nSPS) is 25.7. The van der Waals surface area contributed by atoms with Crippen molar-refractivity contribution in [2.75, 3.05) is 0 Å². The van der Waals surface area contributed by atoms with Gasteiger partial charge in [-0.15, -0.1) is 0 Å². The summed E-state index contributed by atoms with van der Waals surface area (Å²) in [6, 6.07) is 0.524. The SMILES string of the molecule is CCCC1CCC(C2CCC(C(F)(F)Oc3cc(F)c(OC(F)(F)C=C(F)F)c(F)c3)CC2)CC1. The maximum Gasteiger partial charge on any atom is 0.425 e. The van der Waals surface area contributed by atoms with Gasteiger partial charge in [0.05, 0.1) is 12.0 Å². The van der Waals surface area contributed by atoms with Crippen LogP contribution in [0.2, 0.25) is 0 Å². The molecule has 35 heavy (non-hydrogen) atoms. The molecule has 2 nitrogen and oxygen atoms in total. The van der Waals surface area contributed by atoms with Crippen molar-refractivity contribution >= 4 is 0 Å². The van der Waals surface area contributed by atoms with Crippen LogP contribution in [-0.2, 0) is 0 Å². The number of benzene rings is 1. The van der Waals surface area contributed by atoms with E-state index < -0.39 is 53.4 Å². The van der Waals surface area contributed by atoms with E-state index in [4.69, 9.17) is 0 Å². The fourth-order valence-electron chi connectivity index (χ4n) is 5.51. The molecule has 2 aliphatic carbocycles. The Morgan fingerprint density at radius 1 is 0.857 bits per heavy atom. The highest BCUT2D eigenvalue weighted by Crippen LogP contribution is 2.46. The standard InChI is InChI=1S/C25H30F8O2/c1-2-3-15-4-6-16(7-5-15)17-8-10-18(11-9-17)25(32,33)34-19-12-20(26)23(21(27)13-19)35-24(30,31)14-22(28)29/h12-18H,2-11H2,1H3. The van der Waals surface area contributed by atoms with Crippen LogP contribution in [0.15, 0.2) is 24.3 Å². The Labute approximate surface area is 199 Å². The average Bonchev–Trinajstić information content (AvgIpc) is 2.76. The molecule has 0 atom stereocenters. The summed E-state index contributed by atoms with van der Waals surface area (Å²) in [5.74, 6) is -5.65. The van der Waals surface area contributed by atoms with E-state index in [0.29, 0.717) is 24.7 Å². The maximum atomic E-state index is 14.8. The molecule has 3 rings (SSSR count). The van der Waals surface area contributed by atoms with Crippen LogP contribution in [-0.4, -0.2) is 12.2 Å². The first kappa shape index (κ1) is 27.6. The number of ether oxygens (including phenoxy) is 2. The molecule has 0 saturated heterocycles. The molecule has 0 radical (unpaired) electrons. The lowest BCUT2D eigenvalue weighted by atomic mass is 9.68. The Hall–Kier alpha value is -2.00. The molecule has 0 aliphatic heterocycles. The van der Waals surface area contributed by atoms with E-state index in [-0.39, 0.29) is 25.0 Å². The molecule has 1 aromatic rings. The molecular formula is C25H30F8O2. The second-order valence-electron chi connectivity index (χ2n) is 9.66. The molecular weight excluding hydrogens is 484 g/mol. The molecule has 2 fully saturated rings. The number of alkyl halides is 4. The molecule has 0 bridgehead atoms. The fourth-order valence-corrected chi connectivity index (χ4v) is 5.51. The first-order valence-corrected chi connectivity index (χ1v) is 12.1. The minimum Gasteiger partial charge on any atom is -0.432 e. The van der Waals surface area contributed by atoms with Gasteiger partial charge in [0.15, 0.2) is 17.4 Å². The van der Waals surface area contributed by atoms with E-state index in [2.05, 4.69) is 16.4 Å². The van der Waals surface area contributed by atoms with E-state index in [1.807, 2.05) is 0 Å². The van der Waals surface area contributed by atoms with Crippen LogP contribution in [0, 0.1) is 35.3 Å². The Kier molecular flexibility index (Phi) is 8.96. The predicted molar refractivity (Wildman–Crippen MR) is 114 cm³/mol. The highest BCUT2D eigenvalue weighted by atomic mass is 19.3. The van der Waals surface area contributed by atoms with Crippen LogP contribution in [0.25, 0.3) is 0 Å². The maximum absolute atomic E-state index is 14.8. The van der Waals surface area contributed by atoms with Gasteiger partial charge in [0, 0.05) is 12.1 Å². The molecule has 0 aromatic heterocycles. The van der Waals surface area contributed by atoms with Crippen molar-refractivity contribution < 1.29 is 44.6 Å². The minimum atomic E-state index is -4.71. The zero-order valence-corrected chi connectivity index (χ0v) is 19.5. The molecule has 0 heterocycles. The number of hydrogen-bond acceptors (Lipinski definition) is 2. The van der Waals surface area contributed by atoms with Gasteiger partial charge in [-0.2, -0.15) is 26.3 Å². The quantitative estimate of drug-likeness (QED) is 0.306. The minimum absolute atomic E-state index is 0.200. The zero-order chi connectivity index (χ0) is 25.8. The lowest BCUT2D eigenvalue weighted by molar-refractivity contribution is -0.224. The number of rotatable bonds is 9. The van der Waals surface area contributed by atoms with Gasteiger partial charge >= 0.3 is 12.2 Å². The van der Waals surface area contributed by atoms with Gasteiger partial charge < -0.3 is 9.47 Å². The van der Waals surface area contributed by atoms with Crippen molar-refractivity contribution in [1.29, 1.82) is 0 Å². The van der Waals surface area contributed by atoms with Crippen LogP contribution < -0.4 is 9.47 Å². The smallest absolute Gasteiger partial charge is 0.425 e. The van der Waals surface area contributed by atoms with Gasteiger partial charge in [0.25, 0.3) is 6.08 Å². The molecule has 1 aromatic carbocycles. The van der Waals surface area contributed by atoms with E-state index in [1.165, 1.54) is 25.7 Å². The van der Waals surface area contributed by atoms with Crippen molar-refractivity contribution in [3.8, 4) is 11.5 Å². The molecule has 10 heteroatoms. The topological polar surface area (TPSA) is 18.5 Å². The molecule has 0 amide bonds. The van der Waals surface area contributed by atoms with E-state index in [0.717, 1.165) is 18.8 Å². The second kappa shape index (κ2) is 11.4. The molecule has 2 aliphatic rings. The second-order valence-corrected chi connectivity index (χ2v) is 9.66. The third kappa shape index (κ3) is 7.49. The molecule has 2 saturated carbocycles. The highest BCUT2D eigenvalue weighted by Gasteiger charge is 2.45. The monoisotopic (exact) mass is 514 g/mol. The summed E-state index contributed by atoms with van der Waals surface area (Å²) < 4.78 is 117. The van der Waals surface area contributed by atoms with Gasteiger partial charge in [-0.25, -0.2) is 8.78 Å².